The van der Waals surface area contributed by atoms with Crippen molar-refractivity contribution in [1.82, 2.24) is 29.9 Å². The van der Waals surface area contributed by atoms with Crippen molar-refractivity contribution in [3.63, 3.8) is 0 Å². The van der Waals surface area contributed by atoms with Gasteiger partial charge in [-0.25, -0.2) is 15.0 Å². The van der Waals surface area contributed by atoms with Crippen molar-refractivity contribution in [2.24, 2.45) is 0 Å². The van der Waals surface area contributed by atoms with Gasteiger partial charge in [-0.1, -0.05) is 98.8 Å². The monoisotopic (exact) mass is 606 g/mol. The van der Waals surface area contributed by atoms with E-state index in [-0.39, 0.29) is 0 Å². The summed E-state index contributed by atoms with van der Waals surface area (Å²) >= 11 is 0. The van der Waals surface area contributed by atoms with Crippen molar-refractivity contribution in [3.05, 3.63) is 145 Å². The van der Waals surface area contributed by atoms with Gasteiger partial charge in [0, 0.05) is 46.2 Å². The maximum absolute atomic E-state index is 5.07. The maximum Gasteiger partial charge on any atom is 0.164 e. The number of hydrogen-bond donors (Lipinski definition) is 0. The van der Waals surface area contributed by atoms with Gasteiger partial charge in [0.15, 0.2) is 17.5 Å². The molecule has 0 N–H and O–H groups in total. The summed E-state index contributed by atoms with van der Waals surface area (Å²) in [5.74, 6) is 2.24. The van der Waals surface area contributed by atoms with Crippen LogP contribution < -0.4 is 0 Å². The van der Waals surface area contributed by atoms with E-state index in [4.69, 9.17) is 19.9 Å². The van der Waals surface area contributed by atoms with Crippen molar-refractivity contribution >= 4 is 21.9 Å². The van der Waals surface area contributed by atoms with Crippen molar-refractivity contribution in [2.75, 3.05) is 0 Å². The van der Waals surface area contributed by atoms with E-state index in [1.54, 1.807) is 12.4 Å². The maximum atomic E-state index is 5.07. The molecule has 0 aliphatic heterocycles. The van der Waals surface area contributed by atoms with Gasteiger partial charge < -0.3 is 0 Å². The Kier molecular flexibility index (Phi) is 7.23. The molecular weight excluding hydrogens is 576 g/mol. The first-order valence-electron chi connectivity index (χ1n) is 15.7. The predicted molar refractivity (Wildman–Crippen MR) is 189 cm³/mol. The molecule has 0 amide bonds. The summed E-state index contributed by atoms with van der Waals surface area (Å²) < 4.78 is 0. The molecule has 0 aliphatic carbocycles. The van der Waals surface area contributed by atoms with Crippen LogP contribution in [0.5, 0.6) is 0 Å². The van der Waals surface area contributed by atoms with Gasteiger partial charge in [0.1, 0.15) is 0 Å². The van der Waals surface area contributed by atoms with E-state index in [1.165, 1.54) is 5.56 Å². The van der Waals surface area contributed by atoms with E-state index < -0.39 is 0 Å². The quantitative estimate of drug-likeness (QED) is 0.175. The summed E-state index contributed by atoms with van der Waals surface area (Å²) in [5, 5.41) is 0.958. The summed E-state index contributed by atoms with van der Waals surface area (Å²) in [4.78, 5) is 29.2. The third kappa shape index (κ3) is 5.51. The van der Waals surface area contributed by atoms with Gasteiger partial charge in [-0.15, -0.1) is 0 Å². The highest BCUT2D eigenvalue weighted by molar-refractivity contribution is 6.09. The molecular formula is C41H30N6. The van der Waals surface area contributed by atoms with Gasteiger partial charge in [0.05, 0.1) is 16.6 Å². The minimum absolute atomic E-state index is 0.398. The minimum atomic E-state index is 0.398. The molecule has 3 heterocycles. The normalized spacial score (nSPS) is 11.4. The first kappa shape index (κ1) is 28.3. The van der Waals surface area contributed by atoms with Crippen LogP contribution in [-0.4, -0.2) is 29.9 Å². The van der Waals surface area contributed by atoms with Crippen LogP contribution in [0.1, 0.15) is 25.3 Å². The SMILES string of the molecule is CC(C)c1cccc(-c2cc(-c3nc(-c4ccccc4)nc(-c4ccccc4)n3)cc(-c3cc4nccnc4c4cccnc34)c2)c1. The molecule has 0 bridgehead atoms. The Morgan fingerprint density at radius 2 is 1.02 bits per heavy atom. The fourth-order valence-corrected chi connectivity index (χ4v) is 5.99. The Labute approximate surface area is 272 Å². The van der Waals surface area contributed by atoms with Crippen LogP contribution in [0.25, 0.3) is 78.4 Å². The average molecular weight is 607 g/mol. The number of benzene rings is 5. The molecule has 0 unspecified atom stereocenters. The minimum Gasteiger partial charge on any atom is -0.256 e. The molecule has 8 aromatic rings. The predicted octanol–water partition coefficient (Wildman–Crippen LogP) is 9.82. The largest absolute Gasteiger partial charge is 0.256 e. The number of nitrogens with zero attached hydrogens (tertiary/aromatic N) is 6. The molecule has 5 aromatic carbocycles. The average Bonchev–Trinajstić information content (AvgIpc) is 3.15. The molecule has 6 heteroatoms. The van der Waals surface area contributed by atoms with E-state index in [1.807, 2.05) is 72.9 Å². The lowest BCUT2D eigenvalue weighted by molar-refractivity contribution is 0.867. The molecule has 224 valence electrons. The Bertz CT molecular complexity index is 2330. The van der Waals surface area contributed by atoms with Gasteiger partial charge in [-0.2, -0.15) is 0 Å². The number of fused-ring (bicyclic) bond motifs is 3. The fraction of sp³-hybridized carbons (Fsp3) is 0.0732. The van der Waals surface area contributed by atoms with E-state index >= 15 is 0 Å². The number of pyridine rings is 1. The second-order valence-electron chi connectivity index (χ2n) is 11.9. The summed E-state index contributed by atoms with van der Waals surface area (Å²) in [6.45, 7) is 4.44. The molecule has 0 saturated carbocycles. The van der Waals surface area contributed by atoms with Gasteiger partial charge in [-0.3, -0.25) is 15.0 Å². The highest BCUT2D eigenvalue weighted by Crippen LogP contribution is 2.38. The Balaban J connectivity index is 1.41. The first-order chi connectivity index (χ1) is 23.1. The molecule has 3 aromatic heterocycles. The van der Waals surface area contributed by atoms with E-state index in [9.17, 15) is 0 Å². The molecule has 0 aliphatic rings. The zero-order valence-electron chi connectivity index (χ0n) is 26.0. The topological polar surface area (TPSA) is 77.3 Å². The molecule has 0 fully saturated rings. The summed E-state index contributed by atoms with van der Waals surface area (Å²) in [7, 11) is 0. The van der Waals surface area contributed by atoms with Crippen LogP contribution in [-0.2, 0) is 0 Å². The molecule has 6 nitrogen and oxygen atoms in total. The van der Waals surface area contributed by atoms with E-state index in [0.717, 1.165) is 60.9 Å². The van der Waals surface area contributed by atoms with Crippen LogP contribution in [0, 0.1) is 0 Å². The third-order valence-electron chi connectivity index (χ3n) is 8.41. The molecule has 0 spiro atoms. The van der Waals surface area contributed by atoms with Gasteiger partial charge >= 0.3 is 0 Å². The molecule has 8 rings (SSSR count). The van der Waals surface area contributed by atoms with Crippen LogP contribution in [0.2, 0.25) is 0 Å². The Morgan fingerprint density at radius 1 is 0.426 bits per heavy atom. The Morgan fingerprint density at radius 3 is 1.72 bits per heavy atom. The summed E-state index contributed by atoms with van der Waals surface area (Å²) in [6, 6.07) is 41.5. The van der Waals surface area contributed by atoms with Crippen LogP contribution in [0.4, 0.5) is 0 Å². The fourth-order valence-electron chi connectivity index (χ4n) is 5.99. The number of hydrogen-bond acceptors (Lipinski definition) is 6. The third-order valence-corrected chi connectivity index (χ3v) is 8.41. The number of rotatable bonds is 6. The highest BCUT2D eigenvalue weighted by atomic mass is 15.0. The summed E-state index contributed by atoms with van der Waals surface area (Å²) in [6.07, 6.45) is 5.29. The van der Waals surface area contributed by atoms with Crippen LogP contribution in [0.3, 0.4) is 0 Å². The molecule has 0 atom stereocenters. The van der Waals surface area contributed by atoms with Gasteiger partial charge in [0.2, 0.25) is 0 Å². The zero-order chi connectivity index (χ0) is 31.7. The lowest BCUT2D eigenvalue weighted by Crippen LogP contribution is -2.00. The smallest absolute Gasteiger partial charge is 0.164 e. The molecule has 47 heavy (non-hydrogen) atoms. The second-order valence-corrected chi connectivity index (χ2v) is 11.9. The first-order valence-corrected chi connectivity index (χ1v) is 15.7. The molecule has 0 saturated heterocycles. The highest BCUT2D eigenvalue weighted by Gasteiger charge is 2.17. The lowest BCUT2D eigenvalue weighted by Gasteiger charge is -2.15. The summed E-state index contributed by atoms with van der Waals surface area (Å²) in [5.41, 5.74) is 10.7. The van der Waals surface area contributed by atoms with E-state index in [2.05, 4.69) is 78.4 Å². The molecule has 0 radical (unpaired) electrons. The van der Waals surface area contributed by atoms with Gasteiger partial charge in [0.25, 0.3) is 0 Å². The second kappa shape index (κ2) is 12.0. The van der Waals surface area contributed by atoms with Crippen molar-refractivity contribution in [2.45, 2.75) is 19.8 Å². The zero-order valence-corrected chi connectivity index (χ0v) is 26.0. The van der Waals surface area contributed by atoms with Gasteiger partial charge in [-0.05, 0) is 64.6 Å². The standard InChI is InChI=1S/C41H30N6/c1-26(2)29-15-9-16-30(21-29)31-22-32(35-25-36-38(44-20-19-42-36)34-17-10-18-43-37(34)35)24-33(23-31)41-46-39(27-11-5-3-6-12-27)45-40(47-41)28-13-7-4-8-14-28/h3-26H,1-2H3. The van der Waals surface area contributed by atoms with Crippen LogP contribution >= 0.6 is 0 Å². The van der Waals surface area contributed by atoms with Crippen molar-refractivity contribution < 1.29 is 0 Å². The number of aromatic nitrogens is 6. The Hall–Kier alpha value is -6.14. The van der Waals surface area contributed by atoms with Crippen LogP contribution in [0.15, 0.2) is 140 Å². The van der Waals surface area contributed by atoms with Crippen molar-refractivity contribution in [3.8, 4) is 56.4 Å². The van der Waals surface area contributed by atoms with E-state index in [0.29, 0.717) is 23.4 Å². The van der Waals surface area contributed by atoms with Crippen molar-refractivity contribution in [1.29, 1.82) is 0 Å². The lowest BCUT2D eigenvalue weighted by atomic mass is 9.92.